The lowest BCUT2D eigenvalue weighted by Crippen LogP contribution is -2.26. The summed E-state index contributed by atoms with van der Waals surface area (Å²) in [4.78, 5) is 27.3. The highest BCUT2D eigenvalue weighted by atomic mass is 35.5. The van der Waals surface area contributed by atoms with Gasteiger partial charge in [-0.25, -0.2) is 4.79 Å². The summed E-state index contributed by atoms with van der Waals surface area (Å²) < 4.78 is 5.89. The zero-order chi connectivity index (χ0) is 22.5. The molecule has 2 aromatic heterocycles. The zero-order valence-corrected chi connectivity index (χ0v) is 20.9. The van der Waals surface area contributed by atoms with Crippen molar-refractivity contribution in [1.82, 2.24) is 0 Å². The molecule has 0 fully saturated rings. The molecule has 0 saturated carbocycles. The van der Waals surface area contributed by atoms with Crippen LogP contribution in [0.2, 0.25) is 10.0 Å². The number of amides is 1. The van der Waals surface area contributed by atoms with E-state index < -0.39 is 5.97 Å². The summed E-state index contributed by atoms with van der Waals surface area (Å²) in [6.07, 6.45) is 2.70. The van der Waals surface area contributed by atoms with E-state index in [1.807, 2.05) is 12.1 Å². The molecule has 0 radical (unpaired) electrons. The molecule has 3 aromatic rings. The van der Waals surface area contributed by atoms with Crippen LogP contribution in [0.5, 0.6) is 0 Å². The molecule has 4 rings (SSSR count). The first kappa shape index (κ1) is 22.6. The van der Waals surface area contributed by atoms with Crippen LogP contribution in [0, 0.1) is 11.3 Å². The predicted molar refractivity (Wildman–Crippen MR) is 130 cm³/mol. The Balaban J connectivity index is 1.71. The third-order valence-corrected chi connectivity index (χ3v) is 9.05. The van der Waals surface area contributed by atoms with Crippen molar-refractivity contribution >= 4 is 72.8 Å². The lowest BCUT2D eigenvalue weighted by molar-refractivity contribution is 0.0600. The number of esters is 1. The molecule has 1 aliphatic carbocycles. The summed E-state index contributed by atoms with van der Waals surface area (Å²) in [5.74, 6) is -0.252. The van der Waals surface area contributed by atoms with Crippen molar-refractivity contribution in [3.05, 3.63) is 49.1 Å². The van der Waals surface area contributed by atoms with Crippen LogP contribution in [0.15, 0.2) is 18.2 Å². The number of fused-ring (bicyclic) bond motifs is 2. The molecule has 0 spiro atoms. The third kappa shape index (κ3) is 4.11. The Hall–Kier alpha value is -1.60. The van der Waals surface area contributed by atoms with Gasteiger partial charge in [0.2, 0.25) is 0 Å². The number of carbonyl (C=O) groups excluding carboxylic acids is 2. The second kappa shape index (κ2) is 8.39. The number of benzene rings is 1. The van der Waals surface area contributed by atoms with E-state index in [2.05, 4.69) is 26.1 Å². The van der Waals surface area contributed by atoms with Crippen LogP contribution in [0.3, 0.4) is 0 Å². The van der Waals surface area contributed by atoms with Gasteiger partial charge in [0.25, 0.3) is 5.91 Å². The molecule has 1 aliphatic rings. The smallest absolute Gasteiger partial charge is 0.341 e. The minimum Gasteiger partial charge on any atom is -0.465 e. The van der Waals surface area contributed by atoms with Gasteiger partial charge in [0.05, 0.1) is 22.7 Å². The van der Waals surface area contributed by atoms with Crippen molar-refractivity contribution in [3.8, 4) is 0 Å². The van der Waals surface area contributed by atoms with E-state index in [0.29, 0.717) is 36.8 Å². The largest absolute Gasteiger partial charge is 0.465 e. The van der Waals surface area contributed by atoms with Gasteiger partial charge in [-0.2, -0.15) is 0 Å². The minimum atomic E-state index is -0.424. The number of thiophene rings is 2. The summed E-state index contributed by atoms with van der Waals surface area (Å²) in [6.45, 7) is 6.73. The highest BCUT2D eigenvalue weighted by Crippen LogP contribution is 2.45. The fourth-order valence-electron chi connectivity index (χ4n) is 4.11. The Morgan fingerprint density at radius 3 is 2.58 bits per heavy atom. The average Bonchev–Trinajstić information content (AvgIpc) is 3.24. The fraction of sp³-hybridized carbons (Fsp3) is 0.391. The number of anilines is 1. The molecular formula is C23H23Cl2NO3S2. The monoisotopic (exact) mass is 495 g/mol. The lowest BCUT2D eigenvalue weighted by atomic mass is 9.72. The maximum Gasteiger partial charge on any atom is 0.341 e. The van der Waals surface area contributed by atoms with Crippen molar-refractivity contribution in [1.29, 1.82) is 0 Å². The van der Waals surface area contributed by atoms with Crippen molar-refractivity contribution < 1.29 is 14.3 Å². The molecule has 1 N–H and O–H groups in total. The van der Waals surface area contributed by atoms with Gasteiger partial charge in [0.15, 0.2) is 0 Å². The molecule has 164 valence electrons. The Morgan fingerprint density at radius 1 is 1.19 bits per heavy atom. The number of ether oxygens (including phenoxy) is 1. The second-order valence-electron chi connectivity index (χ2n) is 8.82. The Labute approximate surface area is 199 Å². The molecule has 0 unspecified atom stereocenters. The van der Waals surface area contributed by atoms with E-state index in [0.717, 1.165) is 34.4 Å². The van der Waals surface area contributed by atoms with Crippen LogP contribution >= 0.6 is 45.9 Å². The third-order valence-electron chi connectivity index (χ3n) is 5.92. The molecule has 1 aromatic carbocycles. The molecular weight excluding hydrogens is 473 g/mol. The number of carbonyl (C=O) groups is 2. The van der Waals surface area contributed by atoms with Gasteiger partial charge < -0.3 is 10.1 Å². The van der Waals surface area contributed by atoms with Crippen LogP contribution in [-0.2, 0) is 17.6 Å². The Morgan fingerprint density at radius 2 is 1.94 bits per heavy atom. The van der Waals surface area contributed by atoms with E-state index in [-0.39, 0.29) is 11.3 Å². The van der Waals surface area contributed by atoms with Crippen LogP contribution in [-0.4, -0.2) is 19.0 Å². The molecule has 4 nitrogen and oxygen atoms in total. The van der Waals surface area contributed by atoms with E-state index in [9.17, 15) is 9.59 Å². The summed E-state index contributed by atoms with van der Waals surface area (Å²) in [7, 11) is 1.36. The van der Waals surface area contributed by atoms with Gasteiger partial charge >= 0.3 is 5.97 Å². The quantitative estimate of drug-likeness (QED) is 0.383. The van der Waals surface area contributed by atoms with Crippen LogP contribution in [0.1, 0.15) is 57.7 Å². The highest BCUT2D eigenvalue weighted by molar-refractivity contribution is 7.22. The molecule has 0 aliphatic heterocycles. The number of rotatable bonds is 3. The van der Waals surface area contributed by atoms with Gasteiger partial charge in [0, 0.05) is 15.0 Å². The van der Waals surface area contributed by atoms with E-state index >= 15 is 0 Å². The first-order chi connectivity index (χ1) is 14.6. The zero-order valence-electron chi connectivity index (χ0n) is 17.7. The number of halogens is 2. The Kier molecular flexibility index (Phi) is 6.12. The van der Waals surface area contributed by atoms with Gasteiger partial charge in [0.1, 0.15) is 9.88 Å². The average molecular weight is 496 g/mol. The van der Waals surface area contributed by atoms with Crippen molar-refractivity contribution in [2.45, 2.75) is 40.0 Å². The maximum absolute atomic E-state index is 13.1. The van der Waals surface area contributed by atoms with Crippen molar-refractivity contribution in [2.75, 3.05) is 12.4 Å². The first-order valence-electron chi connectivity index (χ1n) is 10.0. The standard InChI is InChI=1S/C23H23Cl2NO3S2/c1-23(2,3)11-8-9-12-15(10-11)31-21(16(12)22(28)29-4)26-20(27)19-18(25)17-13(24)6-5-7-14(17)30-19/h5-7,11H,8-10H2,1-4H3,(H,26,27)/t11-/m1/s1. The number of hydrogen-bond acceptors (Lipinski definition) is 5. The van der Waals surface area contributed by atoms with Gasteiger partial charge in [-0.15, -0.1) is 22.7 Å². The van der Waals surface area contributed by atoms with Gasteiger partial charge in [-0.05, 0) is 48.3 Å². The minimum absolute atomic E-state index is 0.181. The van der Waals surface area contributed by atoms with E-state index in [1.54, 1.807) is 6.07 Å². The number of hydrogen-bond donors (Lipinski definition) is 1. The SMILES string of the molecule is COC(=O)c1c(NC(=O)c2sc3cccc(Cl)c3c2Cl)sc2c1CC[C@@H](C(C)(C)C)C2. The van der Waals surface area contributed by atoms with Gasteiger partial charge in [-0.1, -0.05) is 50.0 Å². The van der Waals surface area contributed by atoms with Gasteiger partial charge in [-0.3, -0.25) is 4.79 Å². The molecule has 8 heteroatoms. The summed E-state index contributed by atoms with van der Waals surface area (Å²) in [6, 6.07) is 5.46. The lowest BCUT2D eigenvalue weighted by Gasteiger charge is -2.33. The molecule has 2 heterocycles. The normalized spacial score (nSPS) is 16.3. The molecule has 1 atom stereocenters. The number of nitrogens with one attached hydrogen (secondary N) is 1. The van der Waals surface area contributed by atoms with Crippen molar-refractivity contribution in [2.24, 2.45) is 11.3 Å². The van der Waals surface area contributed by atoms with Crippen molar-refractivity contribution in [3.63, 3.8) is 0 Å². The molecule has 31 heavy (non-hydrogen) atoms. The molecule has 0 saturated heterocycles. The topological polar surface area (TPSA) is 55.4 Å². The number of methoxy groups -OCH3 is 1. The highest BCUT2D eigenvalue weighted by Gasteiger charge is 2.34. The van der Waals surface area contributed by atoms with Crippen LogP contribution in [0.25, 0.3) is 10.1 Å². The maximum atomic E-state index is 13.1. The summed E-state index contributed by atoms with van der Waals surface area (Å²) in [5, 5.41) is 4.97. The van der Waals surface area contributed by atoms with E-state index in [4.69, 9.17) is 27.9 Å². The predicted octanol–water partition coefficient (Wildman–Crippen LogP) is 7.46. The summed E-state index contributed by atoms with van der Waals surface area (Å²) >= 11 is 15.5. The first-order valence-corrected chi connectivity index (χ1v) is 12.4. The fourth-order valence-corrected chi connectivity index (χ4v) is 7.27. The van der Waals surface area contributed by atoms with Crippen LogP contribution in [0.4, 0.5) is 5.00 Å². The molecule has 1 amide bonds. The Bertz CT molecular complexity index is 1190. The second-order valence-corrected chi connectivity index (χ2v) is 11.8. The summed E-state index contributed by atoms with van der Waals surface area (Å²) in [5.41, 5.74) is 1.65. The molecule has 0 bridgehead atoms. The van der Waals surface area contributed by atoms with Crippen LogP contribution < -0.4 is 5.32 Å². The van der Waals surface area contributed by atoms with E-state index in [1.165, 1.54) is 29.8 Å².